The summed E-state index contributed by atoms with van der Waals surface area (Å²) >= 11 is 12.8. The van der Waals surface area contributed by atoms with Gasteiger partial charge in [-0.25, -0.2) is 0 Å². The zero-order valence-electron chi connectivity index (χ0n) is 11.9. The first-order valence-electron chi connectivity index (χ1n) is 6.94. The van der Waals surface area contributed by atoms with E-state index in [2.05, 4.69) is 0 Å². The molecule has 1 amide bonds. The van der Waals surface area contributed by atoms with Gasteiger partial charge in [0.25, 0.3) is 5.91 Å². The highest BCUT2D eigenvalue weighted by molar-refractivity contribution is 8.26. The normalized spacial score (nSPS) is 19.7. The molecule has 1 fully saturated rings. The Hall–Kier alpha value is -1.24. The molecule has 0 radical (unpaired) electrons. The Morgan fingerprint density at radius 3 is 2.91 bits per heavy atom. The molecule has 0 unspecified atom stereocenters. The van der Waals surface area contributed by atoms with Crippen molar-refractivity contribution in [2.75, 3.05) is 19.8 Å². The molecule has 0 bridgehead atoms. The van der Waals surface area contributed by atoms with Crippen molar-refractivity contribution < 1.29 is 14.3 Å². The van der Waals surface area contributed by atoms with Crippen LogP contribution in [0.3, 0.4) is 0 Å². The minimum absolute atomic E-state index is 0.0688. The molecule has 1 aromatic carbocycles. The van der Waals surface area contributed by atoms with Crippen molar-refractivity contribution in [1.29, 1.82) is 0 Å². The minimum Gasteiger partial charge on any atom is -0.489 e. The molecule has 0 N–H and O–H groups in total. The number of likely N-dealkylation sites (N-methyl/N-ethyl adjacent to an activating group) is 1. The average molecular weight is 356 g/mol. The standard InChI is InChI=1S/C15H14ClNO3S2/c1-2-17-14(18)12(22-15(17)21)8-9-6-10(16)13-11(7-9)19-4-3-5-20-13/h6-8H,2-5H2,1H3/b12-8+. The fourth-order valence-corrected chi connectivity index (χ4v) is 3.92. The molecule has 7 heteroatoms. The van der Waals surface area contributed by atoms with Gasteiger partial charge in [0, 0.05) is 13.0 Å². The predicted octanol–water partition coefficient (Wildman–Crippen LogP) is 3.72. The molecule has 0 saturated carbocycles. The molecular formula is C15H14ClNO3S2. The summed E-state index contributed by atoms with van der Waals surface area (Å²) in [6.45, 7) is 3.65. The Balaban J connectivity index is 1.95. The van der Waals surface area contributed by atoms with Crippen molar-refractivity contribution >= 4 is 51.9 Å². The van der Waals surface area contributed by atoms with E-state index in [9.17, 15) is 4.79 Å². The van der Waals surface area contributed by atoms with Gasteiger partial charge in [0.2, 0.25) is 0 Å². The summed E-state index contributed by atoms with van der Waals surface area (Å²) in [4.78, 5) is 14.4. The molecule has 1 saturated heterocycles. The Morgan fingerprint density at radius 1 is 1.41 bits per heavy atom. The highest BCUT2D eigenvalue weighted by Crippen LogP contribution is 2.40. The van der Waals surface area contributed by atoms with Crippen LogP contribution in [0, 0.1) is 0 Å². The van der Waals surface area contributed by atoms with Crippen LogP contribution in [0.1, 0.15) is 18.9 Å². The maximum atomic E-state index is 12.2. The van der Waals surface area contributed by atoms with Crippen LogP contribution < -0.4 is 9.47 Å². The lowest BCUT2D eigenvalue weighted by atomic mass is 10.2. The maximum Gasteiger partial charge on any atom is 0.266 e. The van der Waals surface area contributed by atoms with Gasteiger partial charge in [-0.3, -0.25) is 9.69 Å². The summed E-state index contributed by atoms with van der Waals surface area (Å²) in [5.41, 5.74) is 0.797. The number of carbonyl (C=O) groups is 1. The Bertz CT molecular complexity index is 675. The topological polar surface area (TPSA) is 38.8 Å². The molecule has 2 aliphatic heterocycles. The highest BCUT2D eigenvalue weighted by atomic mass is 35.5. The summed E-state index contributed by atoms with van der Waals surface area (Å²) in [7, 11) is 0. The van der Waals surface area contributed by atoms with Gasteiger partial charge in [0.05, 0.1) is 23.1 Å². The van der Waals surface area contributed by atoms with Gasteiger partial charge >= 0.3 is 0 Å². The molecular weight excluding hydrogens is 342 g/mol. The van der Waals surface area contributed by atoms with Gasteiger partial charge in [-0.2, -0.15) is 0 Å². The molecule has 22 heavy (non-hydrogen) atoms. The second-order valence-corrected chi connectivity index (χ2v) is 6.89. The van der Waals surface area contributed by atoms with Crippen LogP contribution in [-0.4, -0.2) is 34.9 Å². The number of halogens is 1. The molecule has 0 aliphatic carbocycles. The number of rotatable bonds is 2. The molecule has 0 atom stereocenters. The molecule has 1 aromatic rings. The fourth-order valence-electron chi connectivity index (χ4n) is 2.26. The summed E-state index contributed by atoms with van der Waals surface area (Å²) < 4.78 is 11.8. The van der Waals surface area contributed by atoms with Gasteiger partial charge in [-0.15, -0.1) is 0 Å². The number of nitrogens with zero attached hydrogens (tertiary/aromatic N) is 1. The fraction of sp³-hybridized carbons (Fsp3) is 0.333. The SMILES string of the molecule is CCN1C(=O)/C(=C\c2cc(Cl)c3c(c2)OCCCO3)SC1=S. The van der Waals surface area contributed by atoms with Gasteiger partial charge in [0.15, 0.2) is 11.5 Å². The van der Waals surface area contributed by atoms with Crippen LogP contribution in [0.5, 0.6) is 11.5 Å². The average Bonchev–Trinajstić information content (AvgIpc) is 2.67. The smallest absolute Gasteiger partial charge is 0.266 e. The number of thiocarbonyl (C=S) groups is 1. The number of hydrogen-bond donors (Lipinski definition) is 0. The maximum absolute atomic E-state index is 12.2. The van der Waals surface area contributed by atoms with Crippen molar-refractivity contribution in [2.45, 2.75) is 13.3 Å². The van der Waals surface area contributed by atoms with Crippen molar-refractivity contribution in [3.05, 3.63) is 27.6 Å². The van der Waals surface area contributed by atoms with Crippen LogP contribution in [-0.2, 0) is 4.79 Å². The summed E-state index contributed by atoms with van der Waals surface area (Å²) in [5.74, 6) is 1.11. The number of hydrogen-bond acceptors (Lipinski definition) is 5. The largest absolute Gasteiger partial charge is 0.489 e. The lowest BCUT2D eigenvalue weighted by Gasteiger charge is -2.10. The van der Waals surface area contributed by atoms with E-state index < -0.39 is 0 Å². The highest BCUT2D eigenvalue weighted by Gasteiger charge is 2.30. The first kappa shape index (κ1) is 15.6. The van der Waals surface area contributed by atoms with E-state index in [4.69, 9.17) is 33.3 Å². The molecule has 2 heterocycles. The van der Waals surface area contributed by atoms with Gasteiger partial charge in [0.1, 0.15) is 4.32 Å². The quantitative estimate of drug-likeness (QED) is 0.597. The van der Waals surface area contributed by atoms with E-state index in [1.54, 1.807) is 17.0 Å². The van der Waals surface area contributed by atoms with Crippen LogP contribution >= 0.6 is 35.6 Å². The van der Waals surface area contributed by atoms with E-state index in [-0.39, 0.29) is 5.91 Å². The molecule has 3 rings (SSSR count). The number of fused-ring (bicyclic) bond motifs is 1. The van der Waals surface area contributed by atoms with Crippen molar-refractivity contribution in [1.82, 2.24) is 4.90 Å². The number of carbonyl (C=O) groups excluding carboxylic acids is 1. The minimum atomic E-state index is -0.0688. The van der Waals surface area contributed by atoms with Crippen LogP contribution in [0.25, 0.3) is 6.08 Å². The van der Waals surface area contributed by atoms with Crippen molar-refractivity contribution in [3.63, 3.8) is 0 Å². The van der Waals surface area contributed by atoms with Gasteiger partial charge in [-0.1, -0.05) is 35.6 Å². The number of benzene rings is 1. The molecule has 0 aromatic heterocycles. The Labute approximate surface area is 143 Å². The van der Waals surface area contributed by atoms with Crippen molar-refractivity contribution in [2.24, 2.45) is 0 Å². The molecule has 2 aliphatic rings. The van der Waals surface area contributed by atoms with Crippen LogP contribution in [0.15, 0.2) is 17.0 Å². The molecule has 116 valence electrons. The van der Waals surface area contributed by atoms with Crippen LogP contribution in [0.4, 0.5) is 0 Å². The Morgan fingerprint density at radius 2 is 2.18 bits per heavy atom. The molecule has 4 nitrogen and oxygen atoms in total. The number of ether oxygens (including phenoxy) is 2. The lowest BCUT2D eigenvalue weighted by Crippen LogP contribution is -2.27. The molecule has 0 spiro atoms. The van der Waals surface area contributed by atoms with E-state index in [0.29, 0.717) is 45.5 Å². The number of thioether (sulfide) groups is 1. The zero-order chi connectivity index (χ0) is 15.7. The van der Waals surface area contributed by atoms with E-state index in [1.807, 2.05) is 13.0 Å². The van der Waals surface area contributed by atoms with E-state index in [0.717, 1.165) is 12.0 Å². The van der Waals surface area contributed by atoms with Gasteiger partial charge in [-0.05, 0) is 30.7 Å². The van der Waals surface area contributed by atoms with E-state index in [1.165, 1.54) is 11.8 Å². The summed E-state index contributed by atoms with van der Waals surface area (Å²) in [6, 6.07) is 3.61. The van der Waals surface area contributed by atoms with Gasteiger partial charge < -0.3 is 9.47 Å². The summed E-state index contributed by atoms with van der Waals surface area (Å²) in [6.07, 6.45) is 2.60. The second kappa shape index (κ2) is 6.48. The zero-order valence-corrected chi connectivity index (χ0v) is 14.3. The monoisotopic (exact) mass is 355 g/mol. The third-order valence-electron chi connectivity index (χ3n) is 3.31. The first-order valence-corrected chi connectivity index (χ1v) is 8.55. The summed E-state index contributed by atoms with van der Waals surface area (Å²) in [5, 5.41) is 0.483. The Kier molecular flexibility index (Phi) is 4.61. The lowest BCUT2D eigenvalue weighted by molar-refractivity contribution is -0.121. The third-order valence-corrected chi connectivity index (χ3v) is 4.97. The van der Waals surface area contributed by atoms with E-state index >= 15 is 0 Å². The number of amides is 1. The van der Waals surface area contributed by atoms with Crippen LogP contribution in [0.2, 0.25) is 5.02 Å². The third kappa shape index (κ3) is 2.95. The second-order valence-electron chi connectivity index (χ2n) is 4.81. The first-order chi connectivity index (χ1) is 10.6. The predicted molar refractivity (Wildman–Crippen MR) is 92.6 cm³/mol. The van der Waals surface area contributed by atoms with Crippen molar-refractivity contribution in [3.8, 4) is 11.5 Å².